The van der Waals surface area contributed by atoms with Crippen LogP contribution in [0, 0.1) is 0 Å². The van der Waals surface area contributed by atoms with Crippen LogP contribution in [0.25, 0.3) is 0 Å². The van der Waals surface area contributed by atoms with Crippen molar-refractivity contribution in [3.05, 3.63) is 54.6 Å². The molecule has 1 aliphatic heterocycles. The number of rotatable bonds is 5. The van der Waals surface area contributed by atoms with E-state index in [9.17, 15) is 4.79 Å². The zero-order valence-electron chi connectivity index (χ0n) is 14.5. The molecule has 27 heavy (non-hydrogen) atoms. The first-order valence-corrected chi connectivity index (χ1v) is 8.52. The molecule has 1 saturated heterocycles. The number of nitrogens with one attached hydrogen (secondary N) is 2. The van der Waals surface area contributed by atoms with Crippen LogP contribution in [0.5, 0.6) is 0 Å². The summed E-state index contributed by atoms with van der Waals surface area (Å²) < 4.78 is 10.2. The number of nitrogens with zero attached hydrogens (tertiary/aromatic N) is 4. The topological polar surface area (TPSA) is 105 Å². The monoisotopic (exact) mass is 366 g/mol. The number of hydrogen-bond donors (Lipinski definition) is 2. The van der Waals surface area contributed by atoms with E-state index < -0.39 is 0 Å². The van der Waals surface area contributed by atoms with E-state index in [1.165, 1.54) is 12.3 Å². The second-order valence-corrected chi connectivity index (χ2v) is 5.93. The summed E-state index contributed by atoms with van der Waals surface area (Å²) in [5, 5.41) is 17.7. The molecule has 1 aromatic carbocycles. The highest BCUT2D eigenvalue weighted by Crippen LogP contribution is 2.21. The van der Waals surface area contributed by atoms with Gasteiger partial charge in [-0.25, -0.2) is 0 Å². The van der Waals surface area contributed by atoms with Crippen LogP contribution in [0.1, 0.15) is 10.6 Å². The molecule has 0 spiro atoms. The molecule has 0 radical (unpaired) electrons. The molecule has 1 fully saturated rings. The molecule has 0 unspecified atom stereocenters. The van der Waals surface area contributed by atoms with Gasteiger partial charge in [0.15, 0.2) is 5.82 Å². The zero-order valence-corrected chi connectivity index (χ0v) is 14.5. The van der Waals surface area contributed by atoms with Gasteiger partial charge in [0.1, 0.15) is 0 Å². The van der Waals surface area contributed by atoms with Crippen LogP contribution in [-0.4, -0.2) is 47.6 Å². The average molecular weight is 366 g/mol. The third kappa shape index (κ3) is 4.21. The molecular formula is C18H18N6O3. The second kappa shape index (κ2) is 7.83. The minimum absolute atomic E-state index is 0.160. The fourth-order valence-electron chi connectivity index (χ4n) is 2.72. The van der Waals surface area contributed by atoms with Crippen molar-refractivity contribution in [2.45, 2.75) is 0 Å². The van der Waals surface area contributed by atoms with Crippen LogP contribution in [0.4, 0.5) is 22.9 Å². The largest absolute Gasteiger partial charge is 0.378 e. The molecule has 138 valence electrons. The maximum atomic E-state index is 11.9. The van der Waals surface area contributed by atoms with Gasteiger partial charge in [-0.1, -0.05) is 5.16 Å². The van der Waals surface area contributed by atoms with Gasteiger partial charge in [-0.05, 0) is 24.3 Å². The number of ether oxygens (including phenoxy) is 1. The Morgan fingerprint density at radius 1 is 1.07 bits per heavy atom. The summed E-state index contributed by atoms with van der Waals surface area (Å²) in [7, 11) is 0. The van der Waals surface area contributed by atoms with Gasteiger partial charge in [0.05, 0.1) is 31.3 Å². The third-order valence-corrected chi connectivity index (χ3v) is 4.09. The highest BCUT2D eigenvalue weighted by atomic mass is 16.5. The van der Waals surface area contributed by atoms with Crippen LogP contribution in [-0.2, 0) is 4.74 Å². The Kier molecular flexibility index (Phi) is 4.93. The highest BCUT2D eigenvalue weighted by Gasteiger charge is 2.13. The summed E-state index contributed by atoms with van der Waals surface area (Å²) in [6, 6.07) is 10.7. The first kappa shape index (κ1) is 17.0. The van der Waals surface area contributed by atoms with Gasteiger partial charge in [-0.2, -0.15) is 5.10 Å². The predicted octanol–water partition coefficient (Wildman–Crippen LogP) is 2.30. The van der Waals surface area contributed by atoms with E-state index in [2.05, 4.69) is 30.9 Å². The Morgan fingerprint density at radius 2 is 1.85 bits per heavy atom. The summed E-state index contributed by atoms with van der Waals surface area (Å²) >= 11 is 0. The fourth-order valence-corrected chi connectivity index (χ4v) is 2.72. The molecule has 2 N–H and O–H groups in total. The number of aromatic nitrogens is 3. The SMILES string of the molecule is O=C(Nc1ccc(Nc2cc(N3CCOCC3)cnn2)cc1)c1ccno1. The number of benzene rings is 1. The minimum Gasteiger partial charge on any atom is -0.378 e. The van der Waals surface area contributed by atoms with E-state index in [4.69, 9.17) is 9.26 Å². The Morgan fingerprint density at radius 3 is 2.59 bits per heavy atom. The van der Waals surface area contributed by atoms with Gasteiger partial charge in [-0.3, -0.25) is 4.79 Å². The van der Waals surface area contributed by atoms with Crippen molar-refractivity contribution in [2.75, 3.05) is 41.8 Å². The normalized spacial score (nSPS) is 14.0. The Bertz CT molecular complexity index is 892. The van der Waals surface area contributed by atoms with Crippen molar-refractivity contribution in [1.29, 1.82) is 0 Å². The van der Waals surface area contributed by atoms with Gasteiger partial charge in [0, 0.05) is 36.6 Å². The molecule has 0 aliphatic carbocycles. The van der Waals surface area contributed by atoms with Crippen molar-refractivity contribution < 1.29 is 14.1 Å². The van der Waals surface area contributed by atoms with Crippen molar-refractivity contribution >= 4 is 28.8 Å². The molecule has 3 heterocycles. The molecular weight excluding hydrogens is 348 g/mol. The minimum atomic E-state index is -0.350. The van der Waals surface area contributed by atoms with E-state index in [0.29, 0.717) is 24.7 Å². The standard InChI is InChI=1S/C18H18N6O3/c25-18(16-5-6-20-27-16)22-14-3-1-13(2-4-14)21-17-11-15(12-19-23-17)24-7-9-26-10-8-24/h1-6,11-12H,7-10H2,(H,21,23)(H,22,25). The Balaban J connectivity index is 1.40. The highest BCUT2D eigenvalue weighted by molar-refractivity contribution is 6.02. The molecule has 2 aromatic heterocycles. The van der Waals surface area contributed by atoms with Crippen LogP contribution in [0.2, 0.25) is 0 Å². The van der Waals surface area contributed by atoms with Crippen molar-refractivity contribution in [1.82, 2.24) is 15.4 Å². The Hall–Kier alpha value is -3.46. The summed E-state index contributed by atoms with van der Waals surface area (Å²) in [5.41, 5.74) is 2.49. The number of morpholine rings is 1. The average Bonchev–Trinajstić information content (AvgIpc) is 3.25. The predicted molar refractivity (Wildman–Crippen MR) is 99.2 cm³/mol. The van der Waals surface area contributed by atoms with E-state index in [1.807, 2.05) is 18.2 Å². The summed E-state index contributed by atoms with van der Waals surface area (Å²) in [4.78, 5) is 14.2. The van der Waals surface area contributed by atoms with Crippen LogP contribution in [0.3, 0.4) is 0 Å². The van der Waals surface area contributed by atoms with Crippen LogP contribution < -0.4 is 15.5 Å². The van der Waals surface area contributed by atoms with E-state index in [-0.39, 0.29) is 11.7 Å². The number of carbonyl (C=O) groups is 1. The van der Waals surface area contributed by atoms with E-state index >= 15 is 0 Å². The second-order valence-electron chi connectivity index (χ2n) is 5.93. The van der Waals surface area contributed by atoms with Crippen molar-refractivity contribution in [2.24, 2.45) is 0 Å². The van der Waals surface area contributed by atoms with Crippen LogP contribution in [0.15, 0.2) is 53.3 Å². The molecule has 0 bridgehead atoms. The number of carbonyl (C=O) groups excluding carboxylic acids is 1. The van der Waals surface area contributed by atoms with Gasteiger partial charge in [0.25, 0.3) is 5.91 Å². The molecule has 3 aromatic rings. The molecule has 1 amide bonds. The summed E-state index contributed by atoms with van der Waals surface area (Å²) in [6.45, 7) is 3.11. The first-order chi connectivity index (χ1) is 13.3. The lowest BCUT2D eigenvalue weighted by molar-refractivity contribution is 0.0988. The van der Waals surface area contributed by atoms with Gasteiger partial charge in [0.2, 0.25) is 5.76 Å². The maximum absolute atomic E-state index is 11.9. The van der Waals surface area contributed by atoms with Crippen LogP contribution >= 0.6 is 0 Å². The fraction of sp³-hybridized carbons (Fsp3) is 0.222. The number of hydrogen-bond acceptors (Lipinski definition) is 8. The lowest BCUT2D eigenvalue weighted by Crippen LogP contribution is -2.36. The first-order valence-electron chi connectivity index (χ1n) is 8.52. The van der Waals surface area contributed by atoms with E-state index in [0.717, 1.165) is 24.5 Å². The quantitative estimate of drug-likeness (QED) is 0.709. The molecule has 1 aliphatic rings. The van der Waals surface area contributed by atoms with E-state index in [1.54, 1.807) is 18.3 Å². The molecule has 0 atom stereocenters. The number of anilines is 4. The van der Waals surface area contributed by atoms with Crippen molar-refractivity contribution in [3.8, 4) is 0 Å². The smallest absolute Gasteiger partial charge is 0.294 e. The molecule has 4 rings (SSSR count). The van der Waals surface area contributed by atoms with Gasteiger partial charge >= 0.3 is 0 Å². The maximum Gasteiger partial charge on any atom is 0.294 e. The lowest BCUT2D eigenvalue weighted by Gasteiger charge is -2.28. The zero-order chi connectivity index (χ0) is 18.5. The summed E-state index contributed by atoms with van der Waals surface area (Å²) in [6.07, 6.45) is 3.17. The van der Waals surface area contributed by atoms with Gasteiger partial charge < -0.3 is 24.8 Å². The van der Waals surface area contributed by atoms with Crippen molar-refractivity contribution in [3.63, 3.8) is 0 Å². The molecule has 9 nitrogen and oxygen atoms in total. The lowest BCUT2D eigenvalue weighted by atomic mass is 10.2. The molecule has 0 saturated carbocycles. The Labute approximate surface area is 155 Å². The number of amides is 1. The van der Waals surface area contributed by atoms with Gasteiger partial charge in [-0.15, -0.1) is 5.10 Å². The molecule has 9 heteroatoms. The summed E-state index contributed by atoms with van der Waals surface area (Å²) in [5.74, 6) is 0.460. The third-order valence-electron chi connectivity index (χ3n) is 4.09.